The lowest BCUT2D eigenvalue weighted by atomic mass is 10.2. The lowest BCUT2D eigenvalue weighted by Crippen LogP contribution is -2.26. The number of carbonyl (C=O) groups is 1. The summed E-state index contributed by atoms with van der Waals surface area (Å²) in [4.78, 5) is 10.8. The van der Waals surface area contributed by atoms with Crippen molar-refractivity contribution in [3.05, 3.63) is 71.8 Å². The molecule has 0 saturated carbocycles. The number of carbonyl (C=O) groups excluding carboxylic acids is 1. The Morgan fingerprint density at radius 2 is 1.39 bits per heavy atom. The van der Waals surface area contributed by atoms with Crippen molar-refractivity contribution in [1.29, 1.82) is 0 Å². The van der Waals surface area contributed by atoms with Crippen molar-refractivity contribution in [2.75, 3.05) is 0 Å². The predicted molar refractivity (Wildman–Crippen MR) is 88.7 cm³/mol. The fraction of sp³-hybridized carbons (Fsp3) is 0.235. The maximum atomic E-state index is 12.8. The van der Waals surface area contributed by atoms with Crippen LogP contribution >= 0.6 is 7.75 Å². The third kappa shape index (κ3) is 6.08. The SMILES string of the molecule is C[C@@H](C=O)NP(=O)(OCc1ccccc1)OCc1ccccc1. The zero-order chi connectivity index (χ0) is 16.5. The Kier molecular flexibility index (Phi) is 6.68. The van der Waals surface area contributed by atoms with Gasteiger partial charge in [-0.1, -0.05) is 60.7 Å². The van der Waals surface area contributed by atoms with Gasteiger partial charge in [-0.3, -0.25) is 9.05 Å². The van der Waals surface area contributed by atoms with E-state index < -0.39 is 13.8 Å². The third-order valence-electron chi connectivity index (χ3n) is 3.05. The molecule has 0 fully saturated rings. The van der Waals surface area contributed by atoms with Crippen LogP contribution in [0.1, 0.15) is 18.1 Å². The molecule has 0 unspecified atom stereocenters. The van der Waals surface area contributed by atoms with Gasteiger partial charge in [-0.05, 0) is 18.1 Å². The van der Waals surface area contributed by atoms with Crippen LogP contribution in [0.15, 0.2) is 60.7 Å². The van der Waals surface area contributed by atoms with Crippen LogP contribution in [0, 0.1) is 0 Å². The third-order valence-corrected chi connectivity index (χ3v) is 4.72. The standard InChI is InChI=1S/C17H20NO4P/c1-15(12-19)18-23(20,21-13-16-8-4-2-5-9-16)22-14-17-10-6-3-7-11-17/h2-12,15H,13-14H2,1H3,(H,18,20)/t15-/m0/s1. The fourth-order valence-corrected chi connectivity index (χ4v) is 3.28. The van der Waals surface area contributed by atoms with Crippen molar-refractivity contribution < 1.29 is 18.4 Å². The van der Waals surface area contributed by atoms with Gasteiger partial charge in [0.1, 0.15) is 6.29 Å². The van der Waals surface area contributed by atoms with Crippen LogP contribution in [0.3, 0.4) is 0 Å². The van der Waals surface area contributed by atoms with E-state index in [2.05, 4.69) is 5.09 Å². The van der Waals surface area contributed by atoms with Crippen LogP contribution in [-0.2, 0) is 31.6 Å². The van der Waals surface area contributed by atoms with Gasteiger partial charge in [-0.2, -0.15) is 0 Å². The molecule has 23 heavy (non-hydrogen) atoms. The van der Waals surface area contributed by atoms with E-state index in [1.165, 1.54) is 0 Å². The molecular weight excluding hydrogens is 313 g/mol. The van der Waals surface area contributed by atoms with Gasteiger partial charge < -0.3 is 4.79 Å². The summed E-state index contributed by atoms with van der Waals surface area (Å²) in [6.07, 6.45) is 0.657. The van der Waals surface area contributed by atoms with Crippen LogP contribution < -0.4 is 5.09 Å². The first-order valence-corrected chi connectivity index (χ1v) is 8.85. The molecule has 0 heterocycles. The van der Waals surface area contributed by atoms with Crippen LogP contribution in [0.5, 0.6) is 0 Å². The van der Waals surface area contributed by atoms with E-state index in [0.717, 1.165) is 11.1 Å². The molecule has 0 aliphatic carbocycles. The molecule has 0 saturated heterocycles. The summed E-state index contributed by atoms with van der Waals surface area (Å²) in [5, 5.41) is 2.63. The number of aldehydes is 1. The molecule has 2 aromatic rings. The highest BCUT2D eigenvalue weighted by Crippen LogP contribution is 2.45. The largest absolute Gasteiger partial charge is 0.406 e. The quantitative estimate of drug-likeness (QED) is 0.560. The van der Waals surface area contributed by atoms with Crippen LogP contribution in [0.2, 0.25) is 0 Å². The molecule has 0 bridgehead atoms. The molecule has 1 N–H and O–H groups in total. The van der Waals surface area contributed by atoms with E-state index in [1.54, 1.807) is 6.92 Å². The second-order valence-corrected chi connectivity index (χ2v) is 6.84. The number of rotatable bonds is 9. The molecule has 6 heteroatoms. The molecule has 2 aromatic carbocycles. The molecule has 0 spiro atoms. The molecule has 0 radical (unpaired) electrons. The zero-order valence-corrected chi connectivity index (χ0v) is 13.8. The number of hydrogen-bond acceptors (Lipinski definition) is 4. The van der Waals surface area contributed by atoms with Gasteiger partial charge in [0.25, 0.3) is 0 Å². The first-order valence-electron chi connectivity index (χ1n) is 7.31. The van der Waals surface area contributed by atoms with Crippen molar-refractivity contribution >= 4 is 14.0 Å². The molecule has 0 aliphatic rings. The molecule has 2 rings (SSSR count). The first-order chi connectivity index (χ1) is 11.1. The Balaban J connectivity index is 2.02. The monoisotopic (exact) mass is 333 g/mol. The second kappa shape index (κ2) is 8.75. The number of benzene rings is 2. The van der Waals surface area contributed by atoms with Gasteiger partial charge in [0, 0.05) is 0 Å². The van der Waals surface area contributed by atoms with E-state index in [0.29, 0.717) is 6.29 Å². The molecule has 0 aliphatic heterocycles. The summed E-state index contributed by atoms with van der Waals surface area (Å²) in [5.41, 5.74) is 1.74. The maximum absolute atomic E-state index is 12.8. The van der Waals surface area contributed by atoms with Gasteiger partial charge in [0.15, 0.2) is 0 Å². The summed E-state index contributed by atoms with van der Waals surface area (Å²) in [6, 6.07) is 18.1. The van der Waals surface area contributed by atoms with Crippen molar-refractivity contribution in [3.63, 3.8) is 0 Å². The minimum absolute atomic E-state index is 0.130. The van der Waals surface area contributed by atoms with E-state index in [-0.39, 0.29) is 13.2 Å². The van der Waals surface area contributed by atoms with Gasteiger partial charge >= 0.3 is 7.75 Å². The zero-order valence-electron chi connectivity index (χ0n) is 12.9. The molecule has 122 valence electrons. The minimum Gasteiger partial charge on any atom is -0.302 e. The van der Waals surface area contributed by atoms with Crippen LogP contribution in [-0.4, -0.2) is 12.3 Å². The second-order valence-electron chi connectivity index (χ2n) is 5.07. The lowest BCUT2D eigenvalue weighted by Gasteiger charge is -2.21. The summed E-state index contributed by atoms with van der Waals surface area (Å²) in [6.45, 7) is 1.86. The Hall–Kier alpha value is -1.78. The predicted octanol–water partition coefficient (Wildman–Crippen LogP) is 3.71. The fourth-order valence-electron chi connectivity index (χ4n) is 1.86. The van der Waals surface area contributed by atoms with Crippen molar-refractivity contribution in [2.24, 2.45) is 0 Å². The van der Waals surface area contributed by atoms with Crippen molar-refractivity contribution in [2.45, 2.75) is 26.2 Å². The van der Waals surface area contributed by atoms with Gasteiger partial charge in [0.2, 0.25) is 0 Å². The highest BCUT2D eigenvalue weighted by atomic mass is 31.2. The van der Waals surface area contributed by atoms with E-state index in [9.17, 15) is 9.36 Å². The van der Waals surface area contributed by atoms with E-state index in [1.807, 2.05) is 60.7 Å². The Labute approximate surface area is 136 Å². The van der Waals surface area contributed by atoms with Crippen LogP contribution in [0.25, 0.3) is 0 Å². The topological polar surface area (TPSA) is 64.6 Å². The normalized spacial score (nSPS) is 12.7. The van der Waals surface area contributed by atoms with Crippen LogP contribution in [0.4, 0.5) is 0 Å². The smallest absolute Gasteiger partial charge is 0.302 e. The summed E-state index contributed by atoms with van der Waals surface area (Å²) in [7, 11) is -3.60. The first kappa shape index (κ1) is 17.6. The maximum Gasteiger partial charge on any atom is 0.406 e. The molecule has 0 amide bonds. The highest BCUT2D eigenvalue weighted by Gasteiger charge is 2.27. The minimum atomic E-state index is -3.60. The Morgan fingerprint density at radius 1 is 0.957 bits per heavy atom. The number of nitrogens with one attached hydrogen (secondary N) is 1. The molecule has 5 nitrogen and oxygen atoms in total. The average molecular weight is 333 g/mol. The summed E-state index contributed by atoms with van der Waals surface area (Å²) in [5.74, 6) is 0. The van der Waals surface area contributed by atoms with E-state index in [4.69, 9.17) is 9.05 Å². The molecule has 1 atom stereocenters. The van der Waals surface area contributed by atoms with Crippen molar-refractivity contribution in [3.8, 4) is 0 Å². The molecule has 0 aromatic heterocycles. The summed E-state index contributed by atoms with van der Waals surface area (Å²) >= 11 is 0. The Morgan fingerprint density at radius 3 is 1.78 bits per heavy atom. The molecular formula is C17H20NO4P. The van der Waals surface area contributed by atoms with Crippen molar-refractivity contribution in [1.82, 2.24) is 5.09 Å². The number of hydrogen-bond donors (Lipinski definition) is 1. The van der Waals surface area contributed by atoms with Gasteiger partial charge in [-0.15, -0.1) is 0 Å². The average Bonchev–Trinajstić information content (AvgIpc) is 2.60. The Bertz CT molecular complexity index is 601. The van der Waals surface area contributed by atoms with E-state index >= 15 is 0 Å². The van der Waals surface area contributed by atoms with Gasteiger partial charge in [-0.25, -0.2) is 9.65 Å². The van der Waals surface area contributed by atoms with Gasteiger partial charge in [0.05, 0.1) is 19.3 Å². The lowest BCUT2D eigenvalue weighted by molar-refractivity contribution is -0.109. The summed E-state index contributed by atoms with van der Waals surface area (Å²) < 4.78 is 23.8. The highest BCUT2D eigenvalue weighted by molar-refractivity contribution is 7.51.